The van der Waals surface area contributed by atoms with Gasteiger partial charge in [0.05, 0.1) is 12.0 Å². The van der Waals surface area contributed by atoms with Crippen molar-refractivity contribution in [2.75, 3.05) is 13.1 Å². The first-order chi connectivity index (χ1) is 34.0. The molecular weight excluding hydrogens is 921 g/mol. The molecule has 0 saturated carbocycles. The van der Waals surface area contributed by atoms with E-state index < -0.39 is 108 Å². The SMILES string of the molecule is CCCC[C@H](NC(C)=O)C(=O)N[C@H]1CCC(=O)NC[C@@H](C(=O)N[C@@H](Cc2c[nH]c3ccccc23)C(=O)O)NC(=O)[C@H](CCCNC(=N)N)NC(=O)C(c2ccccc2)NC(=O)[C@H](Cc2c[nH]cn2)NC1=O. The van der Waals surface area contributed by atoms with E-state index >= 15 is 0 Å². The fourth-order valence-corrected chi connectivity index (χ4v) is 7.85. The summed E-state index contributed by atoms with van der Waals surface area (Å²) in [6, 6.07) is 5.05. The van der Waals surface area contributed by atoms with E-state index in [1.807, 2.05) is 6.92 Å². The van der Waals surface area contributed by atoms with Gasteiger partial charge in [0.15, 0.2) is 5.96 Å². The van der Waals surface area contributed by atoms with Crippen molar-refractivity contribution in [1.82, 2.24) is 62.8 Å². The molecule has 7 atom stereocenters. The normalized spacial score (nSPS) is 20.3. The maximum Gasteiger partial charge on any atom is 0.326 e. The Morgan fingerprint density at radius 1 is 0.859 bits per heavy atom. The number of hydrogen-bond donors (Lipinski definition) is 14. The Morgan fingerprint density at radius 2 is 1.58 bits per heavy atom. The highest BCUT2D eigenvalue weighted by Crippen LogP contribution is 2.20. The number of nitrogens with zero attached hydrogens (tertiary/aromatic N) is 1. The summed E-state index contributed by atoms with van der Waals surface area (Å²) in [6.45, 7) is 2.60. The Balaban J connectivity index is 1.52. The molecule has 4 aromatic rings. The van der Waals surface area contributed by atoms with E-state index in [2.05, 4.69) is 62.8 Å². The lowest BCUT2D eigenvalue weighted by Gasteiger charge is -2.28. The number of aromatic amines is 2. The summed E-state index contributed by atoms with van der Waals surface area (Å²) in [5, 5.41) is 42.0. The number of carboxylic acids is 1. The number of carbonyl (C=O) groups is 9. The van der Waals surface area contributed by atoms with E-state index in [0.29, 0.717) is 24.1 Å². The quantitative estimate of drug-likeness (QED) is 0.0321. The van der Waals surface area contributed by atoms with Crippen LogP contribution < -0.4 is 53.6 Å². The van der Waals surface area contributed by atoms with Crippen LogP contribution in [-0.2, 0) is 56.0 Å². The van der Waals surface area contributed by atoms with Crippen molar-refractivity contribution in [1.29, 1.82) is 5.41 Å². The van der Waals surface area contributed by atoms with Crippen molar-refractivity contribution in [2.45, 2.75) is 114 Å². The summed E-state index contributed by atoms with van der Waals surface area (Å²) in [7, 11) is 0. The Kier molecular flexibility index (Phi) is 20.0. The van der Waals surface area contributed by atoms with Crippen LogP contribution >= 0.6 is 0 Å². The molecule has 0 bridgehead atoms. The van der Waals surface area contributed by atoms with Crippen molar-refractivity contribution in [3.05, 3.63) is 90.1 Å². The van der Waals surface area contributed by atoms with E-state index in [1.54, 1.807) is 60.8 Å². The number of nitrogens with one attached hydrogen (secondary N) is 12. The minimum Gasteiger partial charge on any atom is -0.480 e. The van der Waals surface area contributed by atoms with Gasteiger partial charge in [-0.2, -0.15) is 0 Å². The predicted octanol–water partition coefficient (Wildman–Crippen LogP) is -1.09. The number of nitrogens with two attached hydrogens (primary N) is 1. The molecule has 15 N–H and O–H groups in total. The number of aromatic nitrogens is 3. The van der Waals surface area contributed by atoms with Crippen LogP contribution in [0.1, 0.15) is 81.7 Å². The van der Waals surface area contributed by atoms with E-state index in [0.717, 1.165) is 10.9 Å². The number of amides is 8. The van der Waals surface area contributed by atoms with Crippen molar-refractivity contribution >= 4 is 70.1 Å². The van der Waals surface area contributed by atoms with Gasteiger partial charge < -0.3 is 68.7 Å². The number of fused-ring (bicyclic) bond motifs is 1. The molecule has 0 spiro atoms. The van der Waals surface area contributed by atoms with Crippen LogP contribution in [0.5, 0.6) is 0 Å². The van der Waals surface area contributed by atoms with Gasteiger partial charge >= 0.3 is 5.97 Å². The lowest BCUT2D eigenvalue weighted by molar-refractivity contribution is -0.142. The number of carboxylic acid groups (broad SMARTS) is 1. The van der Waals surface area contributed by atoms with Gasteiger partial charge in [-0.1, -0.05) is 68.3 Å². The molecule has 24 nitrogen and oxygen atoms in total. The third-order valence-electron chi connectivity index (χ3n) is 11.6. The van der Waals surface area contributed by atoms with Crippen LogP contribution in [0.4, 0.5) is 0 Å². The van der Waals surface area contributed by atoms with Crippen LogP contribution in [0, 0.1) is 5.41 Å². The van der Waals surface area contributed by atoms with Gasteiger partial charge in [0.2, 0.25) is 47.3 Å². The number of guanidine groups is 1. The fourth-order valence-electron chi connectivity index (χ4n) is 7.85. The molecule has 2 aromatic carbocycles. The van der Waals surface area contributed by atoms with Crippen LogP contribution in [0.25, 0.3) is 10.9 Å². The Labute approximate surface area is 408 Å². The highest BCUT2D eigenvalue weighted by atomic mass is 16.4. The van der Waals surface area contributed by atoms with Crippen molar-refractivity contribution in [2.24, 2.45) is 5.73 Å². The minimum absolute atomic E-state index is 0.0879. The van der Waals surface area contributed by atoms with Gasteiger partial charge in [0.25, 0.3) is 0 Å². The Morgan fingerprint density at radius 3 is 2.27 bits per heavy atom. The number of rotatable bonds is 18. The number of benzene rings is 2. The second-order valence-electron chi connectivity index (χ2n) is 17.0. The van der Waals surface area contributed by atoms with Crippen LogP contribution in [0.15, 0.2) is 73.3 Å². The first-order valence-corrected chi connectivity index (χ1v) is 23.3. The molecule has 1 aliphatic rings. The zero-order chi connectivity index (χ0) is 51.5. The number of unbranched alkanes of at least 4 members (excludes halogenated alkanes) is 1. The Bertz CT molecular complexity index is 2520. The lowest BCUT2D eigenvalue weighted by Crippen LogP contribution is -2.60. The maximum atomic E-state index is 14.5. The highest BCUT2D eigenvalue weighted by molar-refractivity contribution is 5.98. The monoisotopic (exact) mass is 982 g/mol. The summed E-state index contributed by atoms with van der Waals surface area (Å²) < 4.78 is 0. The molecule has 2 aromatic heterocycles. The van der Waals surface area contributed by atoms with E-state index in [1.165, 1.54) is 19.4 Å². The zero-order valence-corrected chi connectivity index (χ0v) is 39.4. The number of imidazole rings is 1. The average molecular weight is 983 g/mol. The van der Waals surface area contributed by atoms with Gasteiger partial charge in [-0.15, -0.1) is 0 Å². The molecular formula is C47H62N14O10. The molecule has 1 aliphatic heterocycles. The molecule has 71 heavy (non-hydrogen) atoms. The smallest absolute Gasteiger partial charge is 0.326 e. The third-order valence-corrected chi connectivity index (χ3v) is 11.6. The topological polar surface area (TPSA) is 376 Å². The maximum absolute atomic E-state index is 14.5. The standard InChI is InChI=1S/C47H62N14O10/c1-3-4-14-32(55-26(2)62)40(64)56-34-17-18-38(63)53-24-37(44(68)59-36(46(70)71)20-28-22-52-31-15-9-8-13-30(28)31)60-41(65)33(16-10-19-51-47(48)49)57-45(69)39(27-11-6-5-7-12-27)61-43(67)35(58-42(34)66)21-29-23-50-25-54-29/h5-9,11-13,15,22-23,25,32-37,39,52H,3-4,10,14,16-21,24H2,1-2H3,(H,50,54)(H,53,63)(H,55,62)(H,56,64)(H,57,69)(H,58,66)(H,59,68)(H,60,65)(H,61,67)(H,70,71)(H4,48,49,51)/t32-,33-,34-,35-,36-,37-,39?/m0/s1. The predicted molar refractivity (Wildman–Crippen MR) is 257 cm³/mol. The van der Waals surface area contributed by atoms with Gasteiger partial charge in [-0.3, -0.25) is 43.8 Å². The Hall–Kier alpha value is -8.31. The van der Waals surface area contributed by atoms with E-state index in [9.17, 15) is 48.3 Å². The molecule has 8 amide bonds. The molecule has 1 unspecified atom stereocenters. The summed E-state index contributed by atoms with van der Waals surface area (Å²) in [5.74, 6) is -8.37. The minimum atomic E-state index is -1.66. The third kappa shape index (κ3) is 16.4. The fraction of sp³-hybridized carbons (Fsp3) is 0.426. The second-order valence-corrected chi connectivity index (χ2v) is 17.0. The van der Waals surface area contributed by atoms with E-state index in [-0.39, 0.29) is 56.6 Å². The average Bonchev–Trinajstić information content (AvgIpc) is 4.02. The van der Waals surface area contributed by atoms with Crippen molar-refractivity contribution in [3.63, 3.8) is 0 Å². The largest absolute Gasteiger partial charge is 0.480 e. The van der Waals surface area contributed by atoms with Gasteiger partial charge in [0, 0.05) is 62.6 Å². The van der Waals surface area contributed by atoms with Gasteiger partial charge in [-0.25, -0.2) is 9.78 Å². The first kappa shape index (κ1) is 53.6. The summed E-state index contributed by atoms with van der Waals surface area (Å²) in [5.41, 5.74) is 7.38. The van der Waals surface area contributed by atoms with Gasteiger partial charge in [-0.05, 0) is 42.9 Å². The van der Waals surface area contributed by atoms with E-state index in [4.69, 9.17) is 11.1 Å². The zero-order valence-electron chi connectivity index (χ0n) is 39.4. The number of aliphatic carboxylic acids is 1. The number of H-pyrrole nitrogens is 2. The second kappa shape index (κ2) is 26.4. The number of hydrogen-bond acceptors (Lipinski definition) is 11. The van der Waals surface area contributed by atoms with Gasteiger partial charge in [0.1, 0.15) is 42.3 Å². The molecule has 1 saturated heterocycles. The summed E-state index contributed by atoms with van der Waals surface area (Å²) in [4.78, 5) is 134. The van der Waals surface area contributed by atoms with Crippen molar-refractivity contribution < 1.29 is 48.3 Å². The molecule has 5 rings (SSSR count). The molecule has 1 fully saturated rings. The molecule has 0 radical (unpaired) electrons. The highest BCUT2D eigenvalue weighted by Gasteiger charge is 2.36. The first-order valence-electron chi connectivity index (χ1n) is 23.3. The number of para-hydroxylation sites is 1. The summed E-state index contributed by atoms with van der Waals surface area (Å²) in [6.07, 6.45) is 4.71. The van der Waals surface area contributed by atoms with Crippen molar-refractivity contribution in [3.8, 4) is 0 Å². The molecule has 380 valence electrons. The van der Waals surface area contributed by atoms with Crippen LogP contribution in [0.3, 0.4) is 0 Å². The van der Waals surface area contributed by atoms with Crippen LogP contribution in [-0.4, -0.2) is 129 Å². The van der Waals surface area contributed by atoms with Crippen LogP contribution in [0.2, 0.25) is 0 Å². The number of carbonyl (C=O) groups excluding carboxylic acids is 8. The summed E-state index contributed by atoms with van der Waals surface area (Å²) >= 11 is 0. The molecule has 24 heteroatoms. The molecule has 3 heterocycles. The molecule has 0 aliphatic carbocycles. The lowest BCUT2D eigenvalue weighted by atomic mass is 10.0.